The normalized spacial score (nSPS) is 11.6. The van der Waals surface area contributed by atoms with E-state index in [1.54, 1.807) is 6.26 Å². The smallest absolute Gasteiger partial charge is 0.305 e. The molecule has 0 aliphatic carbocycles. The van der Waals surface area contributed by atoms with Crippen LogP contribution >= 0.6 is 11.9 Å². The van der Waals surface area contributed by atoms with Crippen LogP contribution in [0.3, 0.4) is 0 Å². The second kappa shape index (κ2) is 7.19. The standard InChI is InChI=1S/C18H14F3N3O3S/c1-9(25)10-4-3-5-11(6-10)12-7-13-15(8-14(12)18(19,20)21)22-17(27)24(16(13)26)23-28-2/h3-8,23H,1-2H3,(H,22,27). The van der Waals surface area contributed by atoms with E-state index in [9.17, 15) is 27.6 Å². The van der Waals surface area contributed by atoms with E-state index in [2.05, 4.69) is 9.82 Å². The zero-order valence-corrected chi connectivity index (χ0v) is 15.5. The highest BCUT2D eigenvalue weighted by Crippen LogP contribution is 2.38. The van der Waals surface area contributed by atoms with Gasteiger partial charge < -0.3 is 4.98 Å². The molecule has 0 saturated heterocycles. The average Bonchev–Trinajstić information content (AvgIpc) is 2.63. The molecule has 0 aliphatic rings. The summed E-state index contributed by atoms with van der Waals surface area (Å²) in [5, 5.41) is -0.0996. The van der Waals surface area contributed by atoms with Crippen molar-refractivity contribution in [3.63, 3.8) is 0 Å². The number of fused-ring (bicyclic) bond motifs is 1. The van der Waals surface area contributed by atoms with Crippen LogP contribution in [-0.2, 0) is 6.18 Å². The molecule has 0 unspecified atom stereocenters. The lowest BCUT2D eigenvalue weighted by Gasteiger charge is -2.15. The Labute approximate surface area is 160 Å². The number of nitrogens with one attached hydrogen (secondary N) is 2. The molecule has 0 spiro atoms. The number of halogens is 3. The number of hydrogen-bond acceptors (Lipinski definition) is 5. The molecule has 0 bridgehead atoms. The Morgan fingerprint density at radius 3 is 2.50 bits per heavy atom. The molecule has 3 aromatic rings. The van der Waals surface area contributed by atoms with Gasteiger partial charge in [0.05, 0.1) is 16.5 Å². The number of nitrogens with zero attached hydrogens (tertiary/aromatic N) is 1. The number of rotatable bonds is 4. The lowest BCUT2D eigenvalue weighted by molar-refractivity contribution is -0.137. The second-order valence-electron chi connectivity index (χ2n) is 5.94. The van der Waals surface area contributed by atoms with Crippen LogP contribution in [0.15, 0.2) is 46.0 Å². The van der Waals surface area contributed by atoms with Crippen molar-refractivity contribution in [1.82, 2.24) is 9.66 Å². The zero-order chi connectivity index (χ0) is 20.6. The summed E-state index contributed by atoms with van der Waals surface area (Å²) in [5.41, 5.74) is -2.80. The van der Waals surface area contributed by atoms with Crippen LogP contribution in [0.5, 0.6) is 0 Å². The van der Waals surface area contributed by atoms with E-state index in [4.69, 9.17) is 0 Å². The third-order valence-corrected chi connectivity index (χ3v) is 4.47. The van der Waals surface area contributed by atoms with Gasteiger partial charge in [-0.05, 0) is 48.2 Å². The summed E-state index contributed by atoms with van der Waals surface area (Å²) in [7, 11) is 0. The number of benzene rings is 2. The molecule has 1 aromatic heterocycles. The maximum absolute atomic E-state index is 13.7. The summed E-state index contributed by atoms with van der Waals surface area (Å²) < 4.78 is 41.7. The molecule has 0 fully saturated rings. The predicted molar refractivity (Wildman–Crippen MR) is 102 cm³/mol. The van der Waals surface area contributed by atoms with Gasteiger partial charge in [-0.15, -0.1) is 0 Å². The van der Waals surface area contributed by atoms with Gasteiger partial charge in [0.1, 0.15) is 0 Å². The quantitative estimate of drug-likeness (QED) is 0.510. The highest BCUT2D eigenvalue weighted by Gasteiger charge is 2.34. The van der Waals surface area contributed by atoms with Crippen LogP contribution in [0.1, 0.15) is 22.8 Å². The summed E-state index contributed by atoms with van der Waals surface area (Å²) in [4.78, 5) is 40.9. The van der Waals surface area contributed by atoms with Gasteiger partial charge in [-0.1, -0.05) is 18.2 Å². The van der Waals surface area contributed by atoms with E-state index in [-0.39, 0.29) is 33.4 Å². The molecule has 0 saturated carbocycles. The van der Waals surface area contributed by atoms with Crippen molar-refractivity contribution >= 4 is 28.6 Å². The highest BCUT2D eigenvalue weighted by atomic mass is 32.2. The summed E-state index contributed by atoms with van der Waals surface area (Å²) >= 11 is 0.980. The van der Waals surface area contributed by atoms with Gasteiger partial charge in [0, 0.05) is 11.8 Å². The van der Waals surface area contributed by atoms with Gasteiger partial charge in [0.25, 0.3) is 5.56 Å². The SMILES string of the molecule is CSNn1c(=O)[nH]c2cc(C(F)(F)F)c(-c3cccc(C(C)=O)c3)cc2c1=O. The third-order valence-electron chi connectivity index (χ3n) is 4.10. The molecular weight excluding hydrogens is 395 g/mol. The number of Topliss-reactive ketones (excluding diaryl/α,β-unsaturated/α-hetero) is 1. The van der Waals surface area contributed by atoms with E-state index in [1.807, 2.05) is 0 Å². The first-order valence-corrected chi connectivity index (χ1v) is 9.16. The lowest BCUT2D eigenvalue weighted by Crippen LogP contribution is -2.39. The van der Waals surface area contributed by atoms with Crippen molar-refractivity contribution in [3.05, 3.63) is 68.4 Å². The van der Waals surface area contributed by atoms with Gasteiger partial charge in [0.15, 0.2) is 5.78 Å². The molecule has 2 N–H and O–H groups in total. The molecule has 0 radical (unpaired) electrons. The maximum atomic E-state index is 13.7. The Bertz CT molecular complexity index is 1200. The molecule has 2 aromatic carbocycles. The number of alkyl halides is 3. The Morgan fingerprint density at radius 2 is 1.89 bits per heavy atom. The minimum atomic E-state index is -4.74. The first-order chi connectivity index (χ1) is 13.1. The van der Waals surface area contributed by atoms with E-state index in [1.165, 1.54) is 31.2 Å². The molecule has 6 nitrogen and oxygen atoms in total. The number of ketones is 1. The molecule has 3 rings (SSSR count). The molecule has 1 heterocycles. The van der Waals surface area contributed by atoms with Crippen molar-refractivity contribution in [2.75, 3.05) is 11.1 Å². The molecule has 0 amide bonds. The Morgan fingerprint density at radius 1 is 1.18 bits per heavy atom. The number of hydrogen-bond donors (Lipinski definition) is 2. The Balaban J connectivity index is 2.40. The summed E-state index contributed by atoms with van der Waals surface area (Å²) in [6.07, 6.45) is -3.15. The summed E-state index contributed by atoms with van der Waals surface area (Å²) in [6.45, 7) is 1.31. The van der Waals surface area contributed by atoms with Crippen LogP contribution in [0.2, 0.25) is 0 Å². The molecule has 146 valence electrons. The van der Waals surface area contributed by atoms with Crippen LogP contribution in [0.25, 0.3) is 22.0 Å². The fourth-order valence-corrected chi connectivity index (χ4v) is 3.17. The Hall–Kier alpha value is -3.01. The fourth-order valence-electron chi connectivity index (χ4n) is 2.82. The summed E-state index contributed by atoms with van der Waals surface area (Å²) in [5.74, 6) is -0.299. The third kappa shape index (κ3) is 3.55. The van der Waals surface area contributed by atoms with Gasteiger partial charge in [0.2, 0.25) is 0 Å². The zero-order valence-electron chi connectivity index (χ0n) is 14.7. The van der Waals surface area contributed by atoms with Crippen LogP contribution < -0.4 is 16.1 Å². The van der Waals surface area contributed by atoms with Crippen molar-refractivity contribution < 1.29 is 18.0 Å². The van der Waals surface area contributed by atoms with Crippen LogP contribution in [-0.4, -0.2) is 21.7 Å². The molecular formula is C18H14F3N3O3S. The molecule has 0 atom stereocenters. The monoisotopic (exact) mass is 409 g/mol. The van der Waals surface area contributed by atoms with Crippen molar-refractivity contribution in [2.24, 2.45) is 0 Å². The number of carbonyl (C=O) groups excluding carboxylic acids is 1. The largest absolute Gasteiger partial charge is 0.417 e. The lowest BCUT2D eigenvalue weighted by atomic mass is 9.95. The Kier molecular flexibility index (Phi) is 5.07. The first kappa shape index (κ1) is 19.7. The first-order valence-electron chi connectivity index (χ1n) is 7.94. The number of carbonyl (C=O) groups is 1. The fraction of sp³-hybridized carbons (Fsp3) is 0.167. The van der Waals surface area contributed by atoms with Gasteiger partial charge in [-0.2, -0.15) is 17.8 Å². The van der Waals surface area contributed by atoms with Crippen LogP contribution in [0.4, 0.5) is 13.2 Å². The van der Waals surface area contributed by atoms with Crippen LogP contribution in [0, 0.1) is 0 Å². The van der Waals surface area contributed by atoms with E-state index >= 15 is 0 Å². The predicted octanol–water partition coefficient (Wildman–Crippen LogP) is 3.40. The minimum absolute atomic E-state index is 0.0996. The van der Waals surface area contributed by atoms with Crippen molar-refractivity contribution in [3.8, 4) is 11.1 Å². The van der Waals surface area contributed by atoms with E-state index in [0.29, 0.717) is 4.68 Å². The number of H-pyrrole nitrogens is 1. The van der Waals surface area contributed by atoms with Crippen molar-refractivity contribution in [2.45, 2.75) is 13.1 Å². The molecule has 28 heavy (non-hydrogen) atoms. The molecule has 10 heteroatoms. The van der Waals surface area contributed by atoms with Gasteiger partial charge in [-0.25, -0.2) is 4.79 Å². The highest BCUT2D eigenvalue weighted by molar-refractivity contribution is 7.99. The summed E-state index contributed by atoms with van der Waals surface area (Å²) in [6, 6.07) is 7.53. The minimum Gasteiger partial charge on any atom is -0.305 e. The topological polar surface area (TPSA) is 84.0 Å². The van der Waals surface area contributed by atoms with Gasteiger partial charge in [-0.3, -0.25) is 14.4 Å². The number of aromatic amines is 1. The number of aromatic nitrogens is 2. The van der Waals surface area contributed by atoms with E-state index in [0.717, 1.165) is 24.1 Å². The van der Waals surface area contributed by atoms with E-state index < -0.39 is 23.0 Å². The van der Waals surface area contributed by atoms with Crippen molar-refractivity contribution in [1.29, 1.82) is 0 Å². The second-order valence-corrected chi connectivity index (χ2v) is 6.54. The molecule has 0 aliphatic heterocycles. The van der Waals surface area contributed by atoms with Gasteiger partial charge >= 0.3 is 11.9 Å². The average molecular weight is 409 g/mol. The maximum Gasteiger partial charge on any atom is 0.417 e.